The molecule has 1 atom stereocenters. The van der Waals surface area contributed by atoms with Crippen molar-refractivity contribution >= 4 is 15.9 Å². The quantitative estimate of drug-likeness (QED) is 0.908. The van der Waals surface area contributed by atoms with Crippen LogP contribution in [0, 0.1) is 0 Å². The highest BCUT2D eigenvalue weighted by Crippen LogP contribution is 2.28. The van der Waals surface area contributed by atoms with E-state index in [4.69, 9.17) is 10.5 Å². The second-order valence-electron chi connectivity index (χ2n) is 4.97. The molecule has 1 aromatic carbocycles. The molecule has 0 aliphatic rings. The summed E-state index contributed by atoms with van der Waals surface area (Å²) < 4.78 is 8.69. The Morgan fingerprint density at radius 1 is 1.35 bits per heavy atom. The van der Waals surface area contributed by atoms with E-state index in [-0.39, 0.29) is 12.1 Å². The van der Waals surface area contributed by atoms with Crippen LogP contribution in [-0.2, 0) is 6.61 Å². The van der Waals surface area contributed by atoms with Gasteiger partial charge in [-0.25, -0.2) is 9.67 Å². The highest BCUT2D eigenvalue weighted by molar-refractivity contribution is 9.10. The van der Waals surface area contributed by atoms with Crippen molar-refractivity contribution in [1.82, 2.24) is 14.8 Å². The molecule has 2 aromatic rings. The lowest BCUT2D eigenvalue weighted by Crippen LogP contribution is -2.12. The average molecular weight is 339 g/mol. The maximum atomic E-state index is 5.96. The van der Waals surface area contributed by atoms with Gasteiger partial charge in [-0.2, -0.15) is 5.10 Å². The number of halogens is 1. The summed E-state index contributed by atoms with van der Waals surface area (Å²) in [6.45, 7) is 6.43. The Morgan fingerprint density at radius 3 is 2.75 bits per heavy atom. The molecule has 0 aliphatic carbocycles. The molecule has 0 amide bonds. The fourth-order valence-corrected chi connectivity index (χ4v) is 2.30. The topological polar surface area (TPSA) is 66.0 Å². The molecule has 0 fully saturated rings. The number of nitrogens with two attached hydrogens (primary N) is 1. The van der Waals surface area contributed by atoms with Crippen molar-refractivity contribution in [3.63, 3.8) is 0 Å². The van der Waals surface area contributed by atoms with E-state index in [2.05, 4.69) is 39.9 Å². The van der Waals surface area contributed by atoms with Gasteiger partial charge in [0.2, 0.25) is 0 Å². The van der Waals surface area contributed by atoms with Crippen molar-refractivity contribution in [3.05, 3.63) is 40.4 Å². The Balaban J connectivity index is 2.18. The molecule has 0 bridgehead atoms. The maximum absolute atomic E-state index is 5.96. The molecule has 0 saturated heterocycles. The van der Waals surface area contributed by atoms with Gasteiger partial charge in [0.1, 0.15) is 18.7 Å². The number of nitrogens with zero attached hydrogens (tertiary/aromatic N) is 3. The molecule has 0 spiro atoms. The molecule has 0 radical (unpaired) electrons. The largest absolute Gasteiger partial charge is 0.485 e. The summed E-state index contributed by atoms with van der Waals surface area (Å²) in [5.74, 6) is 1.57. The van der Waals surface area contributed by atoms with Crippen molar-refractivity contribution < 1.29 is 4.74 Å². The van der Waals surface area contributed by atoms with E-state index >= 15 is 0 Å². The molecule has 0 unspecified atom stereocenters. The SMILES string of the molecule is CC(C)n1ncnc1COc1cc(Br)ccc1[C@H](C)N. The van der Waals surface area contributed by atoms with Gasteiger partial charge >= 0.3 is 0 Å². The van der Waals surface area contributed by atoms with Crippen LogP contribution in [0.2, 0.25) is 0 Å². The van der Waals surface area contributed by atoms with Gasteiger partial charge in [-0.3, -0.25) is 0 Å². The number of benzene rings is 1. The summed E-state index contributed by atoms with van der Waals surface area (Å²) in [6, 6.07) is 6.03. The lowest BCUT2D eigenvalue weighted by Gasteiger charge is -2.15. The summed E-state index contributed by atoms with van der Waals surface area (Å²) in [7, 11) is 0. The zero-order valence-electron chi connectivity index (χ0n) is 11.9. The van der Waals surface area contributed by atoms with Crippen molar-refractivity contribution in [3.8, 4) is 5.75 Å². The molecule has 108 valence electrons. The Bertz CT molecular complexity index is 580. The van der Waals surface area contributed by atoms with E-state index in [1.165, 1.54) is 0 Å². The van der Waals surface area contributed by atoms with Crippen LogP contribution in [0.15, 0.2) is 29.0 Å². The molecule has 0 aliphatic heterocycles. The summed E-state index contributed by atoms with van der Waals surface area (Å²) in [5.41, 5.74) is 6.94. The molecule has 1 heterocycles. The zero-order chi connectivity index (χ0) is 14.7. The predicted molar refractivity (Wildman–Crippen MR) is 81.5 cm³/mol. The van der Waals surface area contributed by atoms with Crippen LogP contribution in [0.3, 0.4) is 0 Å². The van der Waals surface area contributed by atoms with Crippen LogP contribution in [0.4, 0.5) is 0 Å². The van der Waals surface area contributed by atoms with E-state index in [1.807, 2.05) is 29.8 Å². The fourth-order valence-electron chi connectivity index (χ4n) is 1.96. The van der Waals surface area contributed by atoms with Crippen LogP contribution in [0.25, 0.3) is 0 Å². The van der Waals surface area contributed by atoms with Crippen LogP contribution in [0.5, 0.6) is 5.75 Å². The average Bonchev–Trinajstić information content (AvgIpc) is 2.84. The van der Waals surface area contributed by atoms with E-state index < -0.39 is 0 Å². The van der Waals surface area contributed by atoms with Crippen molar-refractivity contribution in [2.45, 2.75) is 39.5 Å². The Labute approximate surface area is 127 Å². The number of ether oxygens (including phenoxy) is 1. The minimum atomic E-state index is -0.0823. The van der Waals surface area contributed by atoms with E-state index in [1.54, 1.807) is 6.33 Å². The Kier molecular flexibility index (Phi) is 4.77. The predicted octanol–water partition coefficient (Wildman–Crippen LogP) is 3.22. The molecule has 20 heavy (non-hydrogen) atoms. The van der Waals surface area contributed by atoms with Crippen LogP contribution in [-0.4, -0.2) is 14.8 Å². The molecule has 2 rings (SSSR count). The Hall–Kier alpha value is -1.40. The first-order valence-electron chi connectivity index (χ1n) is 6.55. The normalized spacial score (nSPS) is 12.7. The van der Waals surface area contributed by atoms with Gasteiger partial charge < -0.3 is 10.5 Å². The van der Waals surface area contributed by atoms with Crippen molar-refractivity contribution in [1.29, 1.82) is 0 Å². The fraction of sp³-hybridized carbons (Fsp3) is 0.429. The van der Waals surface area contributed by atoms with Gasteiger partial charge in [-0.1, -0.05) is 22.0 Å². The first-order chi connectivity index (χ1) is 9.49. The minimum absolute atomic E-state index is 0.0823. The van der Waals surface area contributed by atoms with E-state index in [0.29, 0.717) is 6.61 Å². The summed E-state index contributed by atoms with van der Waals surface area (Å²) in [6.07, 6.45) is 1.55. The smallest absolute Gasteiger partial charge is 0.165 e. The van der Waals surface area contributed by atoms with Gasteiger partial charge in [0.05, 0.1) is 0 Å². The second-order valence-corrected chi connectivity index (χ2v) is 5.89. The number of aromatic nitrogens is 3. The molecular weight excluding hydrogens is 320 g/mol. The first-order valence-corrected chi connectivity index (χ1v) is 7.34. The second kappa shape index (κ2) is 6.37. The van der Waals surface area contributed by atoms with Gasteiger partial charge in [-0.05, 0) is 32.9 Å². The molecule has 5 nitrogen and oxygen atoms in total. The van der Waals surface area contributed by atoms with E-state index in [0.717, 1.165) is 21.6 Å². The van der Waals surface area contributed by atoms with Gasteiger partial charge in [0.15, 0.2) is 5.82 Å². The van der Waals surface area contributed by atoms with Gasteiger partial charge in [-0.15, -0.1) is 0 Å². The molecule has 6 heteroatoms. The zero-order valence-corrected chi connectivity index (χ0v) is 13.5. The molecule has 0 saturated carbocycles. The lowest BCUT2D eigenvalue weighted by atomic mass is 10.1. The van der Waals surface area contributed by atoms with Crippen LogP contribution in [0.1, 0.15) is 44.2 Å². The van der Waals surface area contributed by atoms with Crippen LogP contribution >= 0.6 is 15.9 Å². The number of rotatable bonds is 5. The Morgan fingerprint density at radius 2 is 2.10 bits per heavy atom. The monoisotopic (exact) mass is 338 g/mol. The molecule has 2 N–H and O–H groups in total. The number of hydrogen-bond donors (Lipinski definition) is 1. The number of hydrogen-bond acceptors (Lipinski definition) is 4. The summed E-state index contributed by atoms with van der Waals surface area (Å²) in [4.78, 5) is 4.23. The van der Waals surface area contributed by atoms with Crippen molar-refractivity contribution in [2.24, 2.45) is 5.73 Å². The van der Waals surface area contributed by atoms with Gasteiger partial charge in [0, 0.05) is 22.1 Å². The first kappa shape index (κ1) is 15.0. The molecular formula is C14H19BrN4O. The highest BCUT2D eigenvalue weighted by Gasteiger charge is 2.12. The highest BCUT2D eigenvalue weighted by atomic mass is 79.9. The maximum Gasteiger partial charge on any atom is 0.165 e. The van der Waals surface area contributed by atoms with Gasteiger partial charge in [0.25, 0.3) is 0 Å². The minimum Gasteiger partial charge on any atom is -0.485 e. The standard InChI is InChI=1S/C14H19BrN4O/c1-9(2)19-14(17-8-18-19)7-20-13-6-11(15)4-5-12(13)10(3)16/h4-6,8-10H,7,16H2,1-3H3/t10-/m0/s1. The van der Waals surface area contributed by atoms with E-state index in [9.17, 15) is 0 Å². The third kappa shape index (κ3) is 3.37. The summed E-state index contributed by atoms with van der Waals surface area (Å²) in [5, 5.41) is 4.19. The lowest BCUT2D eigenvalue weighted by molar-refractivity contribution is 0.278. The molecule has 1 aromatic heterocycles. The summed E-state index contributed by atoms with van der Waals surface area (Å²) >= 11 is 3.45. The third-order valence-corrected chi connectivity index (χ3v) is 3.45. The van der Waals surface area contributed by atoms with Crippen LogP contribution < -0.4 is 10.5 Å². The van der Waals surface area contributed by atoms with Crippen molar-refractivity contribution in [2.75, 3.05) is 0 Å². The third-order valence-electron chi connectivity index (χ3n) is 2.96.